The molecule has 0 aromatic carbocycles. The molecule has 0 fully saturated rings. The number of hydrogen-bond acceptors (Lipinski definition) is 6. The molecule has 0 saturated carbocycles. The molecule has 2 aromatic heterocycles. The standard InChI is InChI=1S/C11H12N6O/c1-2-12-9-5-4-8(16-17-9)10(18)15-11-13-6-3-7-14-11/h3-7H,2H2,1H3,(H,12,17)(H,13,14,15,18). The number of hydrogen-bond donors (Lipinski definition) is 2. The van der Waals surface area contributed by atoms with Gasteiger partial charge in [-0.05, 0) is 25.1 Å². The minimum atomic E-state index is -0.392. The van der Waals surface area contributed by atoms with Crippen LogP contribution in [0.1, 0.15) is 17.4 Å². The van der Waals surface area contributed by atoms with Crippen molar-refractivity contribution in [3.63, 3.8) is 0 Å². The van der Waals surface area contributed by atoms with Crippen molar-refractivity contribution in [3.8, 4) is 0 Å². The fraction of sp³-hybridized carbons (Fsp3) is 0.182. The Morgan fingerprint density at radius 2 is 2.00 bits per heavy atom. The Morgan fingerprint density at radius 1 is 1.22 bits per heavy atom. The first-order chi connectivity index (χ1) is 8.79. The third-order valence-electron chi connectivity index (χ3n) is 2.05. The number of anilines is 2. The average Bonchev–Trinajstić information content (AvgIpc) is 2.41. The highest BCUT2D eigenvalue weighted by atomic mass is 16.2. The molecule has 92 valence electrons. The normalized spacial score (nSPS) is 9.83. The molecule has 1 amide bonds. The van der Waals surface area contributed by atoms with E-state index in [1.165, 1.54) is 0 Å². The van der Waals surface area contributed by atoms with Crippen LogP contribution >= 0.6 is 0 Å². The van der Waals surface area contributed by atoms with E-state index < -0.39 is 5.91 Å². The van der Waals surface area contributed by atoms with Gasteiger partial charge in [0.25, 0.3) is 5.91 Å². The predicted octanol–water partition coefficient (Wildman–Crippen LogP) is 0.951. The second kappa shape index (κ2) is 5.67. The van der Waals surface area contributed by atoms with Crippen LogP contribution in [-0.4, -0.2) is 32.6 Å². The molecular formula is C11H12N6O. The predicted molar refractivity (Wildman–Crippen MR) is 66.2 cm³/mol. The fourth-order valence-electron chi connectivity index (χ4n) is 1.26. The van der Waals surface area contributed by atoms with Crippen molar-refractivity contribution in [1.82, 2.24) is 20.2 Å². The van der Waals surface area contributed by atoms with Gasteiger partial charge in [-0.2, -0.15) is 0 Å². The van der Waals surface area contributed by atoms with Crippen LogP contribution in [0, 0.1) is 0 Å². The van der Waals surface area contributed by atoms with Gasteiger partial charge in [-0.15, -0.1) is 10.2 Å². The van der Waals surface area contributed by atoms with Gasteiger partial charge in [-0.1, -0.05) is 0 Å². The molecular weight excluding hydrogens is 232 g/mol. The van der Waals surface area contributed by atoms with E-state index in [1.54, 1.807) is 30.6 Å². The third-order valence-corrected chi connectivity index (χ3v) is 2.05. The van der Waals surface area contributed by atoms with Crippen LogP contribution in [0.3, 0.4) is 0 Å². The van der Waals surface area contributed by atoms with Crippen LogP contribution in [0.2, 0.25) is 0 Å². The summed E-state index contributed by atoms with van der Waals surface area (Å²) in [5.41, 5.74) is 0.212. The number of aromatic nitrogens is 4. The van der Waals surface area contributed by atoms with E-state index in [-0.39, 0.29) is 11.6 Å². The SMILES string of the molecule is CCNc1ccc(C(=O)Nc2ncccn2)nn1. The van der Waals surface area contributed by atoms with Crippen molar-refractivity contribution in [3.05, 3.63) is 36.3 Å². The van der Waals surface area contributed by atoms with Crippen LogP contribution in [0.4, 0.5) is 11.8 Å². The molecule has 0 aliphatic rings. The van der Waals surface area contributed by atoms with Crippen LogP contribution < -0.4 is 10.6 Å². The molecule has 0 spiro atoms. The van der Waals surface area contributed by atoms with Gasteiger partial charge in [0.2, 0.25) is 5.95 Å². The lowest BCUT2D eigenvalue weighted by Crippen LogP contribution is -2.16. The van der Waals surface area contributed by atoms with E-state index in [2.05, 4.69) is 30.8 Å². The molecule has 0 radical (unpaired) electrons. The second-order valence-corrected chi connectivity index (χ2v) is 3.36. The first-order valence-electron chi connectivity index (χ1n) is 5.45. The van der Waals surface area contributed by atoms with E-state index in [9.17, 15) is 4.79 Å². The average molecular weight is 244 g/mol. The van der Waals surface area contributed by atoms with Gasteiger partial charge in [0.05, 0.1) is 0 Å². The summed E-state index contributed by atoms with van der Waals surface area (Å²) in [5, 5.41) is 13.2. The Balaban J connectivity index is 2.05. The van der Waals surface area contributed by atoms with Crippen molar-refractivity contribution < 1.29 is 4.79 Å². The molecule has 0 atom stereocenters. The zero-order valence-corrected chi connectivity index (χ0v) is 9.79. The quantitative estimate of drug-likeness (QED) is 0.831. The first-order valence-corrected chi connectivity index (χ1v) is 5.45. The maximum Gasteiger partial charge on any atom is 0.278 e. The zero-order chi connectivity index (χ0) is 12.8. The van der Waals surface area contributed by atoms with Crippen molar-refractivity contribution in [2.45, 2.75) is 6.92 Å². The molecule has 2 rings (SSSR count). The van der Waals surface area contributed by atoms with E-state index in [4.69, 9.17) is 0 Å². The molecule has 2 aromatic rings. The lowest BCUT2D eigenvalue weighted by atomic mass is 10.3. The topological polar surface area (TPSA) is 92.7 Å². The Hall–Kier alpha value is -2.57. The van der Waals surface area contributed by atoms with Crippen LogP contribution in [0.5, 0.6) is 0 Å². The maximum atomic E-state index is 11.8. The summed E-state index contributed by atoms with van der Waals surface area (Å²) < 4.78 is 0. The minimum absolute atomic E-state index is 0.212. The van der Waals surface area contributed by atoms with Crippen LogP contribution in [0.25, 0.3) is 0 Å². The van der Waals surface area contributed by atoms with E-state index >= 15 is 0 Å². The van der Waals surface area contributed by atoms with Crippen molar-refractivity contribution in [2.75, 3.05) is 17.2 Å². The summed E-state index contributed by atoms with van der Waals surface area (Å²) in [4.78, 5) is 19.5. The van der Waals surface area contributed by atoms with Gasteiger partial charge in [0.1, 0.15) is 5.82 Å². The molecule has 0 bridgehead atoms. The Bertz CT molecular complexity index is 513. The Morgan fingerprint density at radius 3 is 2.61 bits per heavy atom. The summed E-state index contributed by atoms with van der Waals surface area (Å²) in [6.07, 6.45) is 3.09. The van der Waals surface area contributed by atoms with Crippen molar-refractivity contribution >= 4 is 17.7 Å². The molecule has 7 nitrogen and oxygen atoms in total. The monoisotopic (exact) mass is 244 g/mol. The Labute approximate surface area is 104 Å². The lowest BCUT2D eigenvalue weighted by molar-refractivity contribution is 0.102. The van der Waals surface area contributed by atoms with E-state index in [0.717, 1.165) is 6.54 Å². The van der Waals surface area contributed by atoms with E-state index in [1.807, 2.05) is 6.92 Å². The van der Waals surface area contributed by atoms with Crippen molar-refractivity contribution in [2.24, 2.45) is 0 Å². The Kier molecular flexibility index (Phi) is 3.75. The third kappa shape index (κ3) is 2.97. The lowest BCUT2D eigenvalue weighted by Gasteiger charge is -2.03. The summed E-state index contributed by atoms with van der Waals surface area (Å²) in [5.74, 6) is 0.474. The fourth-order valence-corrected chi connectivity index (χ4v) is 1.26. The molecule has 2 N–H and O–H groups in total. The highest BCUT2D eigenvalue weighted by molar-refractivity contribution is 6.01. The number of carbonyl (C=O) groups is 1. The molecule has 2 heterocycles. The molecule has 0 aliphatic carbocycles. The minimum Gasteiger partial charge on any atom is -0.369 e. The number of amides is 1. The number of nitrogens with one attached hydrogen (secondary N) is 2. The van der Waals surface area contributed by atoms with Gasteiger partial charge < -0.3 is 5.32 Å². The highest BCUT2D eigenvalue weighted by Gasteiger charge is 2.09. The maximum absolute atomic E-state index is 11.8. The summed E-state index contributed by atoms with van der Waals surface area (Å²) in [6, 6.07) is 4.95. The smallest absolute Gasteiger partial charge is 0.278 e. The summed E-state index contributed by atoms with van der Waals surface area (Å²) in [7, 11) is 0. The van der Waals surface area contributed by atoms with Gasteiger partial charge in [-0.3, -0.25) is 10.1 Å². The molecule has 18 heavy (non-hydrogen) atoms. The van der Waals surface area contributed by atoms with Crippen molar-refractivity contribution in [1.29, 1.82) is 0 Å². The van der Waals surface area contributed by atoms with Crippen LogP contribution in [0.15, 0.2) is 30.6 Å². The number of carbonyl (C=O) groups excluding carboxylic acids is 1. The first kappa shape index (κ1) is 11.9. The molecule has 0 aliphatic heterocycles. The number of rotatable bonds is 4. The van der Waals surface area contributed by atoms with E-state index in [0.29, 0.717) is 5.82 Å². The van der Waals surface area contributed by atoms with Gasteiger partial charge in [-0.25, -0.2) is 9.97 Å². The molecule has 0 saturated heterocycles. The summed E-state index contributed by atoms with van der Waals surface area (Å²) >= 11 is 0. The van der Waals surface area contributed by atoms with Gasteiger partial charge in [0, 0.05) is 18.9 Å². The number of nitrogens with zero attached hydrogens (tertiary/aromatic N) is 4. The highest BCUT2D eigenvalue weighted by Crippen LogP contribution is 2.03. The molecule has 0 unspecified atom stereocenters. The largest absolute Gasteiger partial charge is 0.369 e. The molecule has 7 heteroatoms. The van der Waals surface area contributed by atoms with Gasteiger partial charge >= 0.3 is 0 Å². The summed E-state index contributed by atoms with van der Waals surface area (Å²) in [6.45, 7) is 2.70. The zero-order valence-electron chi connectivity index (χ0n) is 9.79. The second-order valence-electron chi connectivity index (χ2n) is 3.36. The van der Waals surface area contributed by atoms with Gasteiger partial charge in [0.15, 0.2) is 5.69 Å². The van der Waals surface area contributed by atoms with Crippen LogP contribution in [-0.2, 0) is 0 Å².